The zero-order chi connectivity index (χ0) is 24.2. The van der Waals surface area contributed by atoms with Gasteiger partial charge in [-0.2, -0.15) is 0 Å². The fourth-order valence-corrected chi connectivity index (χ4v) is 3.94. The monoisotopic (exact) mass is 464 g/mol. The number of unbranched alkanes of at least 4 members (excludes halogenated alkanes) is 1. The van der Waals surface area contributed by atoms with Crippen molar-refractivity contribution in [3.05, 3.63) is 92.1 Å². The molecule has 0 saturated heterocycles. The van der Waals surface area contributed by atoms with Crippen LogP contribution in [0.1, 0.15) is 42.6 Å². The highest BCUT2D eigenvalue weighted by Gasteiger charge is 2.23. The second kappa shape index (κ2) is 9.74. The van der Waals surface area contributed by atoms with Gasteiger partial charge in [0.15, 0.2) is 5.65 Å². The number of nitrogens with two attached hydrogens (primary N) is 1. The quantitative estimate of drug-likeness (QED) is 0.318. The van der Waals surface area contributed by atoms with Crippen LogP contribution in [0, 0.1) is 5.82 Å². The number of nitrogens with zero attached hydrogens (tertiary/aromatic N) is 2. The summed E-state index contributed by atoms with van der Waals surface area (Å²) in [4.78, 5) is 46.1. The molecule has 0 spiro atoms. The number of H-pyrrole nitrogens is 2. The van der Waals surface area contributed by atoms with Crippen LogP contribution in [0.25, 0.3) is 11.2 Å². The zero-order valence-corrected chi connectivity index (χ0v) is 18.6. The van der Waals surface area contributed by atoms with Crippen LogP contribution in [0.15, 0.2) is 58.1 Å². The number of hydrogen-bond donors (Lipinski definition) is 4. The number of rotatable bonds is 8. The van der Waals surface area contributed by atoms with E-state index in [2.05, 4.69) is 20.3 Å². The Morgan fingerprint density at radius 2 is 1.88 bits per heavy atom. The first-order chi connectivity index (χ1) is 16.4. The van der Waals surface area contributed by atoms with Gasteiger partial charge in [-0.1, -0.05) is 43.7 Å². The highest BCUT2D eigenvalue weighted by Crippen LogP contribution is 2.29. The van der Waals surface area contributed by atoms with E-state index in [1.807, 2.05) is 6.92 Å². The molecule has 2 aromatic carbocycles. The summed E-state index contributed by atoms with van der Waals surface area (Å²) < 4.78 is 16.0. The van der Waals surface area contributed by atoms with Gasteiger partial charge in [0.1, 0.15) is 17.2 Å². The van der Waals surface area contributed by atoms with Crippen molar-refractivity contribution in [3.63, 3.8) is 0 Å². The third-order valence-electron chi connectivity index (χ3n) is 5.68. The van der Waals surface area contributed by atoms with E-state index in [1.165, 1.54) is 10.6 Å². The van der Waals surface area contributed by atoms with Crippen LogP contribution in [0.4, 0.5) is 14.9 Å². The topological polar surface area (TPSA) is 139 Å². The zero-order valence-electron chi connectivity index (χ0n) is 18.6. The van der Waals surface area contributed by atoms with E-state index in [4.69, 9.17) is 5.73 Å². The number of aryl methyl sites for hydroxylation is 1. The summed E-state index contributed by atoms with van der Waals surface area (Å²) >= 11 is 0. The van der Waals surface area contributed by atoms with Crippen LogP contribution < -0.4 is 22.3 Å². The number of anilines is 1. The maximum atomic E-state index is 14.5. The van der Waals surface area contributed by atoms with Gasteiger partial charge in [-0.05, 0) is 42.2 Å². The van der Waals surface area contributed by atoms with Crippen LogP contribution in [0.5, 0.6) is 0 Å². The van der Waals surface area contributed by atoms with E-state index < -0.39 is 23.2 Å². The van der Waals surface area contributed by atoms with Crippen molar-refractivity contribution in [2.24, 2.45) is 5.73 Å². The lowest BCUT2D eigenvalue weighted by molar-refractivity contribution is 0.259. The Balaban J connectivity index is 1.83. The number of fused-ring (bicyclic) bond motifs is 1. The average molecular weight is 465 g/mol. The fraction of sp³-hybridized carbons (Fsp3) is 0.250. The van der Waals surface area contributed by atoms with E-state index in [9.17, 15) is 18.8 Å². The van der Waals surface area contributed by atoms with Gasteiger partial charge in [0.25, 0.3) is 5.56 Å². The molecule has 4 rings (SSSR count). The van der Waals surface area contributed by atoms with Crippen molar-refractivity contribution in [2.45, 2.75) is 38.6 Å². The van der Waals surface area contributed by atoms with Crippen molar-refractivity contribution >= 4 is 22.9 Å². The Hall–Kier alpha value is -4.21. The number of aromatic amines is 2. The van der Waals surface area contributed by atoms with Gasteiger partial charge in [0.05, 0.1) is 0 Å². The minimum absolute atomic E-state index is 0.191. The van der Waals surface area contributed by atoms with Crippen LogP contribution in [-0.2, 0) is 13.0 Å². The molecule has 0 aliphatic carbocycles. The summed E-state index contributed by atoms with van der Waals surface area (Å²) in [6.07, 6.45) is 1.87. The lowest BCUT2D eigenvalue weighted by Gasteiger charge is -2.16. The Kier molecular flexibility index (Phi) is 6.58. The minimum atomic E-state index is -0.683. The Morgan fingerprint density at radius 3 is 2.56 bits per heavy atom. The van der Waals surface area contributed by atoms with Crippen LogP contribution in [-0.4, -0.2) is 25.6 Å². The first-order valence-corrected chi connectivity index (χ1v) is 11.0. The summed E-state index contributed by atoms with van der Waals surface area (Å²) in [6, 6.07) is 12.7. The molecule has 2 amide bonds. The number of amides is 2. The van der Waals surface area contributed by atoms with Crippen molar-refractivity contribution in [3.8, 4) is 0 Å². The largest absolute Gasteiger partial charge is 0.351 e. The maximum Gasteiger partial charge on any atom is 0.330 e. The number of halogens is 1. The Labute approximate surface area is 193 Å². The van der Waals surface area contributed by atoms with Gasteiger partial charge in [0.2, 0.25) is 0 Å². The molecule has 1 unspecified atom stereocenters. The van der Waals surface area contributed by atoms with E-state index in [1.54, 1.807) is 42.5 Å². The molecule has 0 radical (unpaired) electrons. The number of hydrogen-bond acceptors (Lipinski definition) is 4. The van der Waals surface area contributed by atoms with Gasteiger partial charge in [-0.15, -0.1) is 0 Å². The summed E-state index contributed by atoms with van der Waals surface area (Å²) in [5, 5.41) is 2.50. The molecule has 0 aliphatic rings. The molecule has 0 fully saturated rings. The standard InChI is InChI=1S/C24H25FN6O3/c1-2-3-12-31-21-19(22(32)30-24(31)34)28-20(29-21)17(13-15-6-4-5-7-18(15)25)14-8-10-16(11-9-14)27-23(26)33/h4-11,17H,2-3,12-13H2,1H3,(H,28,29)(H3,26,27,33)(H,30,32,34). The van der Waals surface area contributed by atoms with Gasteiger partial charge < -0.3 is 16.0 Å². The summed E-state index contributed by atoms with van der Waals surface area (Å²) in [7, 11) is 0. The number of aromatic nitrogens is 4. The second-order valence-electron chi connectivity index (χ2n) is 8.04. The smallest absolute Gasteiger partial charge is 0.330 e. The molecule has 0 aliphatic heterocycles. The second-order valence-corrected chi connectivity index (χ2v) is 8.04. The van der Waals surface area contributed by atoms with E-state index in [0.717, 1.165) is 18.4 Å². The van der Waals surface area contributed by atoms with Gasteiger partial charge in [-0.3, -0.25) is 14.3 Å². The van der Waals surface area contributed by atoms with Gasteiger partial charge in [0, 0.05) is 18.2 Å². The van der Waals surface area contributed by atoms with Crippen LogP contribution >= 0.6 is 0 Å². The first-order valence-electron chi connectivity index (χ1n) is 11.0. The lowest BCUT2D eigenvalue weighted by Crippen LogP contribution is -2.30. The number of primary amides is 1. The normalized spacial score (nSPS) is 12.1. The van der Waals surface area contributed by atoms with Crippen molar-refractivity contribution in [2.75, 3.05) is 5.32 Å². The molecular formula is C24H25FN6O3. The van der Waals surface area contributed by atoms with E-state index >= 15 is 0 Å². The number of carbonyl (C=O) groups is 1. The molecule has 1 atom stereocenters. The summed E-state index contributed by atoms with van der Waals surface area (Å²) in [5.74, 6) is -0.385. The number of carbonyl (C=O) groups excluding carboxylic acids is 1. The third kappa shape index (κ3) is 4.75. The van der Waals surface area contributed by atoms with Crippen molar-refractivity contribution < 1.29 is 9.18 Å². The number of imidazole rings is 1. The highest BCUT2D eigenvalue weighted by atomic mass is 19.1. The molecule has 176 valence electrons. The Morgan fingerprint density at radius 1 is 1.15 bits per heavy atom. The van der Waals surface area contributed by atoms with Crippen molar-refractivity contribution in [1.29, 1.82) is 0 Å². The van der Waals surface area contributed by atoms with E-state index in [-0.39, 0.29) is 23.4 Å². The molecular weight excluding hydrogens is 439 g/mol. The van der Waals surface area contributed by atoms with E-state index in [0.29, 0.717) is 23.6 Å². The highest BCUT2D eigenvalue weighted by molar-refractivity contribution is 5.87. The number of urea groups is 1. The lowest BCUT2D eigenvalue weighted by atomic mass is 9.91. The first kappa shape index (κ1) is 23.0. The third-order valence-corrected chi connectivity index (χ3v) is 5.68. The molecule has 10 heteroatoms. The molecule has 0 bridgehead atoms. The summed E-state index contributed by atoms with van der Waals surface area (Å²) in [5.41, 5.74) is 6.33. The summed E-state index contributed by atoms with van der Waals surface area (Å²) in [6.45, 7) is 2.42. The predicted octanol–water partition coefficient (Wildman–Crippen LogP) is 3.22. The van der Waals surface area contributed by atoms with Gasteiger partial charge >= 0.3 is 11.7 Å². The maximum absolute atomic E-state index is 14.5. The molecule has 4 aromatic rings. The molecule has 9 nitrogen and oxygen atoms in total. The van der Waals surface area contributed by atoms with Gasteiger partial charge in [-0.25, -0.2) is 19.0 Å². The molecule has 5 N–H and O–H groups in total. The SMILES string of the molecule is CCCCn1c(=O)[nH]c(=O)c2[nH]c(C(Cc3ccccc3F)c3ccc(NC(N)=O)cc3)nc21. The average Bonchev–Trinajstić information content (AvgIpc) is 3.24. The molecule has 2 heterocycles. The number of nitrogens with one attached hydrogen (secondary N) is 3. The minimum Gasteiger partial charge on any atom is -0.351 e. The van der Waals surface area contributed by atoms with Crippen molar-refractivity contribution in [1.82, 2.24) is 19.5 Å². The number of benzene rings is 2. The Bertz CT molecular complexity index is 1440. The molecule has 34 heavy (non-hydrogen) atoms. The van der Waals surface area contributed by atoms with Crippen LogP contribution in [0.2, 0.25) is 0 Å². The van der Waals surface area contributed by atoms with Crippen LogP contribution in [0.3, 0.4) is 0 Å². The molecule has 0 saturated carbocycles. The molecule has 2 aromatic heterocycles. The fourth-order valence-electron chi connectivity index (χ4n) is 3.94. The predicted molar refractivity (Wildman–Crippen MR) is 127 cm³/mol.